The molecule has 1 aromatic heterocycles. The zero-order valence-electron chi connectivity index (χ0n) is 13.5. The molecule has 0 radical (unpaired) electrons. The lowest BCUT2D eigenvalue weighted by molar-refractivity contribution is 0.0944. The number of rotatable bonds is 2. The Bertz CT molecular complexity index is 1070. The molecule has 5 nitrogen and oxygen atoms in total. The van der Waals surface area contributed by atoms with E-state index >= 15 is 0 Å². The second-order valence-corrected chi connectivity index (χ2v) is 5.93. The Hall–Kier alpha value is -3.35. The first-order chi connectivity index (χ1) is 12.6. The minimum absolute atomic E-state index is 0.0233. The molecule has 0 fully saturated rings. The first-order valence-corrected chi connectivity index (χ1v) is 7.99. The molecule has 0 atom stereocenters. The smallest absolute Gasteiger partial charge is 0.256 e. The Labute approximate surface area is 147 Å². The largest absolute Gasteiger partial charge is 0.352 e. The molecule has 4 rings (SSSR count). The van der Waals surface area contributed by atoms with Gasteiger partial charge in [-0.1, -0.05) is 0 Å². The van der Waals surface area contributed by atoms with E-state index in [1.807, 2.05) is 0 Å². The third-order valence-electron chi connectivity index (χ3n) is 4.41. The lowest BCUT2D eigenvalue weighted by Crippen LogP contribution is -2.32. The maximum atomic E-state index is 14.7. The van der Waals surface area contributed by atoms with Gasteiger partial charge in [0.1, 0.15) is 5.82 Å². The van der Waals surface area contributed by atoms with Crippen molar-refractivity contribution in [1.29, 1.82) is 0 Å². The number of amides is 2. The molecule has 2 amide bonds. The highest BCUT2D eigenvalue weighted by Gasteiger charge is 2.23. The van der Waals surface area contributed by atoms with Crippen molar-refractivity contribution in [3.63, 3.8) is 0 Å². The standard InChI is InChI=1S/C19H13F2N3O2/c20-15-3-1-13(14-9-22-7-5-10(14)15)19(26)24-16-4-2-12-11(17(16)21)6-8-23-18(12)25/h1-5,7,9H,6,8H2,(H,23,25)(H,24,26). The van der Waals surface area contributed by atoms with Crippen molar-refractivity contribution in [2.24, 2.45) is 0 Å². The molecule has 3 aromatic rings. The number of hydrogen-bond acceptors (Lipinski definition) is 3. The fourth-order valence-electron chi connectivity index (χ4n) is 3.11. The van der Waals surface area contributed by atoms with Crippen molar-refractivity contribution in [1.82, 2.24) is 10.3 Å². The van der Waals surface area contributed by atoms with Gasteiger partial charge in [-0.25, -0.2) is 8.78 Å². The highest BCUT2D eigenvalue weighted by atomic mass is 19.1. The molecular formula is C19H13F2N3O2. The van der Waals surface area contributed by atoms with Crippen LogP contribution >= 0.6 is 0 Å². The Morgan fingerprint density at radius 2 is 1.96 bits per heavy atom. The van der Waals surface area contributed by atoms with Crippen LogP contribution in [0.25, 0.3) is 10.8 Å². The Balaban J connectivity index is 1.72. The van der Waals surface area contributed by atoms with Crippen molar-refractivity contribution in [3.05, 3.63) is 71.1 Å². The van der Waals surface area contributed by atoms with Gasteiger partial charge in [0.05, 0.1) is 5.69 Å². The third-order valence-corrected chi connectivity index (χ3v) is 4.41. The Morgan fingerprint density at radius 3 is 2.81 bits per heavy atom. The van der Waals surface area contributed by atoms with Crippen LogP contribution in [0.5, 0.6) is 0 Å². The predicted molar refractivity (Wildman–Crippen MR) is 92.1 cm³/mol. The normalized spacial score (nSPS) is 13.2. The lowest BCUT2D eigenvalue weighted by Gasteiger charge is -2.19. The van der Waals surface area contributed by atoms with E-state index in [0.717, 1.165) is 0 Å². The van der Waals surface area contributed by atoms with E-state index in [0.29, 0.717) is 18.4 Å². The van der Waals surface area contributed by atoms with E-state index in [-0.39, 0.29) is 33.7 Å². The van der Waals surface area contributed by atoms with Gasteiger partial charge < -0.3 is 10.6 Å². The number of carbonyl (C=O) groups is 2. The van der Waals surface area contributed by atoms with Gasteiger partial charge in [-0.2, -0.15) is 0 Å². The highest BCUT2D eigenvalue weighted by molar-refractivity contribution is 6.13. The molecule has 0 saturated heterocycles. The Morgan fingerprint density at radius 1 is 1.12 bits per heavy atom. The summed E-state index contributed by atoms with van der Waals surface area (Å²) in [4.78, 5) is 28.3. The topological polar surface area (TPSA) is 71.1 Å². The van der Waals surface area contributed by atoms with Gasteiger partial charge in [0, 0.05) is 46.4 Å². The van der Waals surface area contributed by atoms with Gasteiger partial charge in [-0.15, -0.1) is 0 Å². The summed E-state index contributed by atoms with van der Waals surface area (Å²) in [7, 11) is 0. The van der Waals surface area contributed by atoms with Gasteiger partial charge in [0.2, 0.25) is 0 Å². The second-order valence-electron chi connectivity index (χ2n) is 5.93. The summed E-state index contributed by atoms with van der Waals surface area (Å²) in [5.41, 5.74) is 0.703. The van der Waals surface area contributed by atoms with Gasteiger partial charge in [-0.05, 0) is 36.8 Å². The van der Waals surface area contributed by atoms with Gasteiger partial charge in [0.15, 0.2) is 5.82 Å². The number of aromatic nitrogens is 1. The number of nitrogens with one attached hydrogen (secondary N) is 2. The van der Waals surface area contributed by atoms with Crippen molar-refractivity contribution >= 4 is 28.3 Å². The third kappa shape index (κ3) is 2.57. The van der Waals surface area contributed by atoms with E-state index in [4.69, 9.17) is 0 Å². The fourth-order valence-corrected chi connectivity index (χ4v) is 3.11. The van der Waals surface area contributed by atoms with E-state index in [1.54, 1.807) is 0 Å². The monoisotopic (exact) mass is 353 g/mol. The number of halogens is 2. The highest BCUT2D eigenvalue weighted by Crippen LogP contribution is 2.26. The summed E-state index contributed by atoms with van der Waals surface area (Å²) in [5.74, 6) is -2.01. The van der Waals surface area contributed by atoms with Crippen molar-refractivity contribution in [2.45, 2.75) is 6.42 Å². The first-order valence-electron chi connectivity index (χ1n) is 7.99. The SMILES string of the molecule is O=C1NCCc2c1ccc(NC(=O)c1ccc(F)c3ccncc13)c2F. The van der Waals surface area contributed by atoms with Crippen LogP contribution in [0.4, 0.5) is 14.5 Å². The summed E-state index contributed by atoms with van der Waals surface area (Å²) < 4.78 is 28.6. The molecule has 7 heteroatoms. The van der Waals surface area contributed by atoms with Crippen LogP contribution in [-0.2, 0) is 6.42 Å². The molecule has 2 N–H and O–H groups in total. The Kier molecular flexibility index (Phi) is 3.84. The maximum Gasteiger partial charge on any atom is 0.256 e. The summed E-state index contributed by atoms with van der Waals surface area (Å²) in [6.07, 6.45) is 3.17. The summed E-state index contributed by atoms with van der Waals surface area (Å²) in [6, 6.07) is 6.82. The fraction of sp³-hybridized carbons (Fsp3) is 0.105. The lowest BCUT2D eigenvalue weighted by atomic mass is 9.98. The number of benzene rings is 2. The first kappa shape index (κ1) is 16.1. The van der Waals surface area contributed by atoms with Crippen LogP contribution in [-0.4, -0.2) is 23.3 Å². The molecular weight excluding hydrogens is 340 g/mol. The number of hydrogen-bond donors (Lipinski definition) is 2. The second kappa shape index (κ2) is 6.18. The number of fused-ring (bicyclic) bond motifs is 2. The summed E-state index contributed by atoms with van der Waals surface area (Å²) in [6.45, 7) is 0.342. The molecule has 0 saturated carbocycles. The average molecular weight is 353 g/mol. The molecule has 0 unspecified atom stereocenters. The number of nitrogens with zero attached hydrogens (tertiary/aromatic N) is 1. The number of carbonyl (C=O) groups excluding carboxylic acids is 2. The molecule has 1 aliphatic heterocycles. The van der Waals surface area contributed by atoms with Gasteiger partial charge in [0.25, 0.3) is 11.8 Å². The van der Waals surface area contributed by atoms with Crippen molar-refractivity contribution in [2.75, 3.05) is 11.9 Å². The molecule has 0 aliphatic carbocycles. The van der Waals surface area contributed by atoms with E-state index < -0.39 is 17.5 Å². The van der Waals surface area contributed by atoms with Crippen LogP contribution in [0.2, 0.25) is 0 Å². The van der Waals surface area contributed by atoms with Crippen molar-refractivity contribution in [3.8, 4) is 0 Å². The van der Waals surface area contributed by atoms with Crippen LogP contribution in [0.3, 0.4) is 0 Å². The quantitative estimate of drug-likeness (QED) is 0.744. The van der Waals surface area contributed by atoms with Crippen molar-refractivity contribution < 1.29 is 18.4 Å². The van der Waals surface area contributed by atoms with Crippen LogP contribution in [0, 0.1) is 11.6 Å². The number of pyridine rings is 1. The van der Waals surface area contributed by atoms with E-state index in [9.17, 15) is 18.4 Å². The average Bonchev–Trinajstić information content (AvgIpc) is 2.65. The molecule has 1 aliphatic rings. The maximum absolute atomic E-state index is 14.7. The van der Waals surface area contributed by atoms with E-state index in [2.05, 4.69) is 15.6 Å². The number of anilines is 1. The zero-order chi connectivity index (χ0) is 18.3. The molecule has 26 heavy (non-hydrogen) atoms. The van der Waals surface area contributed by atoms with Gasteiger partial charge in [-0.3, -0.25) is 14.6 Å². The summed E-state index contributed by atoms with van der Waals surface area (Å²) >= 11 is 0. The zero-order valence-corrected chi connectivity index (χ0v) is 13.5. The van der Waals surface area contributed by atoms with Crippen LogP contribution in [0.1, 0.15) is 26.3 Å². The molecule has 2 heterocycles. The minimum atomic E-state index is -0.629. The molecule has 0 spiro atoms. The van der Waals surface area contributed by atoms with Crippen LogP contribution < -0.4 is 10.6 Å². The van der Waals surface area contributed by atoms with E-state index in [1.165, 1.54) is 42.7 Å². The van der Waals surface area contributed by atoms with Gasteiger partial charge >= 0.3 is 0 Å². The van der Waals surface area contributed by atoms with Crippen LogP contribution in [0.15, 0.2) is 42.7 Å². The molecule has 2 aromatic carbocycles. The minimum Gasteiger partial charge on any atom is -0.352 e. The molecule has 0 bridgehead atoms. The summed E-state index contributed by atoms with van der Waals surface area (Å²) in [5, 5.41) is 5.74. The molecule has 130 valence electrons. The predicted octanol–water partition coefficient (Wildman–Crippen LogP) is 3.05.